The maximum atomic E-state index is 12.1. The van der Waals surface area contributed by atoms with Crippen molar-refractivity contribution >= 4 is 42.2 Å². The summed E-state index contributed by atoms with van der Waals surface area (Å²) in [5.41, 5.74) is 4.94. The van der Waals surface area contributed by atoms with Gasteiger partial charge in [0.15, 0.2) is 0 Å². The Kier molecular flexibility index (Phi) is 13.8. The van der Waals surface area contributed by atoms with Crippen LogP contribution in [0.1, 0.15) is 26.7 Å². The molecule has 26 heavy (non-hydrogen) atoms. The van der Waals surface area contributed by atoms with E-state index < -0.39 is 48.2 Å². The van der Waals surface area contributed by atoms with E-state index >= 15 is 0 Å². The molecule has 0 bridgehead atoms. The zero-order valence-corrected chi connectivity index (χ0v) is 17.2. The standard InChI is InChI=1S/C14H24N4O6S.Tc/c1-7(2)12(18-11(21)6-25)13(22)16-5-10(20)17-8(14(23)24)3-4-9(15)19;/h7-8,12,25H,3-6H2,1-2H3,(H2,15,19)(H,16,22)(H,17,20)(H,18,21)(H,23,24);/i;1+1. The molecule has 0 heterocycles. The molecule has 0 aliphatic rings. The van der Waals surface area contributed by atoms with Crippen molar-refractivity contribution in [1.29, 1.82) is 0 Å². The molecule has 12 heteroatoms. The Labute approximate surface area is 170 Å². The SMILES string of the molecule is CC(C)C(NC(=O)CS)C(=O)NCC(=O)NC(CCC(N)=O)C(=O)O.[99Tc]. The van der Waals surface area contributed by atoms with Crippen LogP contribution < -0.4 is 21.7 Å². The van der Waals surface area contributed by atoms with Crippen LogP contribution in [-0.4, -0.2) is 59.1 Å². The van der Waals surface area contributed by atoms with Gasteiger partial charge in [-0.2, -0.15) is 12.6 Å². The van der Waals surface area contributed by atoms with Gasteiger partial charge >= 0.3 is 5.97 Å². The summed E-state index contributed by atoms with van der Waals surface area (Å²) < 4.78 is 0. The molecule has 1 radical (unpaired) electrons. The van der Waals surface area contributed by atoms with Crippen molar-refractivity contribution in [3.05, 3.63) is 0 Å². The molecule has 0 spiro atoms. The summed E-state index contributed by atoms with van der Waals surface area (Å²) in [4.78, 5) is 56.9. The van der Waals surface area contributed by atoms with Crippen LogP contribution in [0.4, 0.5) is 0 Å². The summed E-state index contributed by atoms with van der Waals surface area (Å²) in [5.74, 6) is -4.07. The van der Waals surface area contributed by atoms with Crippen LogP contribution in [0.15, 0.2) is 0 Å². The monoisotopic (exact) mass is 475 g/mol. The third kappa shape index (κ3) is 11.1. The normalized spacial score (nSPS) is 12.3. The minimum Gasteiger partial charge on any atom is -0.480 e. The van der Waals surface area contributed by atoms with E-state index in [-0.39, 0.29) is 44.6 Å². The second kappa shape index (κ2) is 13.5. The maximum absolute atomic E-state index is 12.1. The number of hydrogen-bond acceptors (Lipinski definition) is 6. The topological polar surface area (TPSA) is 168 Å². The summed E-state index contributed by atoms with van der Waals surface area (Å²) in [6.07, 6.45) is -0.355. The Morgan fingerprint density at radius 1 is 1.08 bits per heavy atom. The van der Waals surface area contributed by atoms with Gasteiger partial charge in [0.2, 0.25) is 23.6 Å². The molecular weight excluding hydrogens is 451 g/mol. The van der Waals surface area contributed by atoms with Gasteiger partial charge in [0, 0.05) is 26.5 Å². The van der Waals surface area contributed by atoms with Gasteiger partial charge in [0.1, 0.15) is 12.1 Å². The van der Waals surface area contributed by atoms with Gasteiger partial charge in [0.25, 0.3) is 0 Å². The summed E-state index contributed by atoms with van der Waals surface area (Å²) in [7, 11) is 0. The van der Waals surface area contributed by atoms with E-state index in [2.05, 4.69) is 28.6 Å². The number of rotatable bonds is 11. The van der Waals surface area contributed by atoms with E-state index in [1.54, 1.807) is 13.8 Å². The van der Waals surface area contributed by atoms with E-state index in [9.17, 15) is 24.0 Å². The van der Waals surface area contributed by atoms with Crippen LogP contribution in [0.5, 0.6) is 0 Å². The molecule has 4 amide bonds. The molecule has 2 atom stereocenters. The fourth-order valence-electron chi connectivity index (χ4n) is 1.82. The van der Waals surface area contributed by atoms with Crippen LogP contribution in [-0.2, 0) is 44.1 Å². The van der Waals surface area contributed by atoms with Crippen LogP contribution in [0.2, 0.25) is 0 Å². The Bertz CT molecular complexity index is 532. The van der Waals surface area contributed by atoms with Crippen molar-refractivity contribution in [1.82, 2.24) is 16.0 Å². The quantitative estimate of drug-likeness (QED) is 0.189. The van der Waals surface area contributed by atoms with Gasteiger partial charge < -0.3 is 26.8 Å². The van der Waals surface area contributed by atoms with Gasteiger partial charge in [-0.05, 0) is 12.3 Å². The molecule has 6 N–H and O–H groups in total. The first-order valence-corrected chi connectivity index (χ1v) is 8.20. The molecule has 0 aromatic carbocycles. The first kappa shape index (κ1) is 26.6. The number of carbonyl (C=O) groups is 5. The summed E-state index contributed by atoms with van der Waals surface area (Å²) >= 11 is 3.81. The molecule has 0 fully saturated rings. The third-order valence-electron chi connectivity index (χ3n) is 3.15. The number of amides is 4. The molecular formula is C14H24N4O6STc. The average Bonchev–Trinajstić information content (AvgIpc) is 2.52. The van der Waals surface area contributed by atoms with Crippen molar-refractivity contribution in [2.75, 3.05) is 12.3 Å². The second-order valence-corrected chi connectivity index (χ2v) is 5.94. The second-order valence-electron chi connectivity index (χ2n) is 5.63. The smallest absolute Gasteiger partial charge is 0.326 e. The number of carbonyl (C=O) groups excluding carboxylic acids is 4. The number of nitrogens with one attached hydrogen (secondary N) is 3. The molecule has 2 unspecified atom stereocenters. The van der Waals surface area contributed by atoms with E-state index in [1.165, 1.54) is 0 Å². The average molecular weight is 475 g/mol. The Morgan fingerprint density at radius 3 is 2.08 bits per heavy atom. The van der Waals surface area contributed by atoms with Gasteiger partial charge in [-0.25, -0.2) is 4.79 Å². The number of nitrogens with two attached hydrogens (primary N) is 1. The molecule has 0 rings (SSSR count). The number of aliphatic carboxylic acids is 1. The van der Waals surface area contributed by atoms with Gasteiger partial charge in [-0.15, -0.1) is 0 Å². The van der Waals surface area contributed by atoms with Crippen molar-refractivity contribution in [2.45, 2.75) is 38.8 Å². The van der Waals surface area contributed by atoms with Crippen molar-refractivity contribution in [3.8, 4) is 0 Å². The van der Waals surface area contributed by atoms with Gasteiger partial charge in [-0.1, -0.05) is 13.8 Å². The van der Waals surface area contributed by atoms with Crippen LogP contribution in [0.25, 0.3) is 0 Å². The number of carboxylic acid groups (broad SMARTS) is 1. The maximum Gasteiger partial charge on any atom is 0.326 e. The molecule has 0 aliphatic heterocycles. The summed E-state index contributed by atoms with van der Waals surface area (Å²) in [6, 6.07) is -2.14. The first-order chi connectivity index (χ1) is 11.6. The van der Waals surface area contributed by atoms with E-state index in [4.69, 9.17) is 10.8 Å². The predicted octanol–water partition coefficient (Wildman–Crippen LogP) is -1.99. The Morgan fingerprint density at radius 2 is 1.65 bits per heavy atom. The zero-order chi connectivity index (χ0) is 19.6. The summed E-state index contributed by atoms with van der Waals surface area (Å²) in [6.45, 7) is 2.96. The molecule has 0 saturated carbocycles. The first-order valence-electron chi connectivity index (χ1n) is 7.56. The van der Waals surface area contributed by atoms with Crippen molar-refractivity contribution in [2.24, 2.45) is 11.7 Å². The van der Waals surface area contributed by atoms with Crippen molar-refractivity contribution < 1.29 is 49.2 Å². The number of carboxylic acids is 1. The minimum absolute atomic E-state index is 0. The van der Waals surface area contributed by atoms with Crippen LogP contribution >= 0.6 is 12.6 Å². The molecule has 149 valence electrons. The van der Waals surface area contributed by atoms with Gasteiger partial charge in [-0.3, -0.25) is 19.2 Å². The van der Waals surface area contributed by atoms with Crippen molar-refractivity contribution in [3.63, 3.8) is 0 Å². The molecule has 0 aromatic rings. The number of primary amides is 1. The molecule has 0 saturated heterocycles. The molecule has 0 aromatic heterocycles. The summed E-state index contributed by atoms with van der Waals surface area (Å²) in [5, 5.41) is 16.0. The molecule has 10 nitrogen and oxygen atoms in total. The number of thiol groups is 1. The van der Waals surface area contributed by atoms with E-state index in [1.807, 2.05) is 0 Å². The van der Waals surface area contributed by atoms with Gasteiger partial charge in [0.05, 0.1) is 12.3 Å². The zero-order valence-electron chi connectivity index (χ0n) is 14.5. The van der Waals surface area contributed by atoms with E-state index in [0.717, 1.165) is 0 Å². The number of hydrogen-bond donors (Lipinski definition) is 6. The fourth-order valence-corrected chi connectivity index (χ4v) is 1.91. The fraction of sp³-hybridized carbons (Fsp3) is 0.643. The largest absolute Gasteiger partial charge is 0.480 e. The minimum atomic E-state index is -1.32. The predicted molar refractivity (Wildman–Crippen MR) is 91.6 cm³/mol. The Balaban J connectivity index is 0. The third-order valence-corrected chi connectivity index (χ3v) is 3.43. The van der Waals surface area contributed by atoms with E-state index in [0.29, 0.717) is 0 Å². The molecule has 0 aliphatic carbocycles. The van der Waals surface area contributed by atoms with Crippen LogP contribution in [0, 0.1) is 5.92 Å². The van der Waals surface area contributed by atoms with Crippen LogP contribution in [0.3, 0.4) is 0 Å². The Hall–Kier alpha value is -1.65.